The zero-order chi connectivity index (χ0) is 12.8. The van der Waals surface area contributed by atoms with E-state index in [0.29, 0.717) is 17.8 Å². The minimum atomic E-state index is 0.538. The standard InChI is InChI=1S/C10H21N7/c1-6-17(7-2)10-13-8(11-3)12-9(14-10)15-16(4)5/h6-7H2,1-5H3,(H2,11,12,13,14,15). The van der Waals surface area contributed by atoms with E-state index in [1.165, 1.54) is 0 Å². The minimum Gasteiger partial charge on any atom is -0.357 e. The van der Waals surface area contributed by atoms with Gasteiger partial charge in [0.05, 0.1) is 0 Å². The van der Waals surface area contributed by atoms with Crippen LogP contribution >= 0.6 is 0 Å². The molecule has 0 bridgehead atoms. The first kappa shape index (κ1) is 13.4. The molecule has 0 saturated carbocycles. The number of anilines is 3. The molecule has 0 fully saturated rings. The van der Waals surface area contributed by atoms with Gasteiger partial charge in [0, 0.05) is 34.2 Å². The zero-order valence-corrected chi connectivity index (χ0v) is 11.2. The van der Waals surface area contributed by atoms with Crippen LogP contribution in [0.5, 0.6) is 0 Å². The van der Waals surface area contributed by atoms with Crippen LogP contribution in [0.2, 0.25) is 0 Å². The summed E-state index contributed by atoms with van der Waals surface area (Å²) >= 11 is 0. The predicted octanol–water partition coefficient (Wildman–Crippen LogP) is 0.648. The molecule has 0 spiro atoms. The van der Waals surface area contributed by atoms with E-state index < -0.39 is 0 Å². The number of hydrogen-bond acceptors (Lipinski definition) is 7. The Morgan fingerprint density at radius 2 is 1.59 bits per heavy atom. The fourth-order valence-electron chi connectivity index (χ4n) is 1.37. The summed E-state index contributed by atoms with van der Waals surface area (Å²) in [5, 5.41) is 4.73. The quantitative estimate of drug-likeness (QED) is 0.706. The average Bonchev–Trinajstić information content (AvgIpc) is 2.29. The smallest absolute Gasteiger partial charge is 0.244 e. The summed E-state index contributed by atoms with van der Waals surface area (Å²) in [6.07, 6.45) is 0. The molecule has 17 heavy (non-hydrogen) atoms. The van der Waals surface area contributed by atoms with Gasteiger partial charge >= 0.3 is 0 Å². The Morgan fingerprint density at radius 3 is 2.06 bits per heavy atom. The Balaban J connectivity index is 3.03. The van der Waals surface area contributed by atoms with Crippen LogP contribution in [0, 0.1) is 0 Å². The van der Waals surface area contributed by atoms with E-state index in [2.05, 4.69) is 44.4 Å². The summed E-state index contributed by atoms with van der Waals surface area (Å²) in [5.74, 6) is 1.78. The molecule has 2 N–H and O–H groups in total. The topological polar surface area (TPSA) is 69.2 Å². The van der Waals surface area contributed by atoms with Crippen molar-refractivity contribution in [3.63, 3.8) is 0 Å². The van der Waals surface area contributed by atoms with Gasteiger partial charge in [-0.1, -0.05) is 0 Å². The molecule has 0 aliphatic rings. The molecule has 1 aromatic rings. The van der Waals surface area contributed by atoms with Crippen LogP contribution in [0.4, 0.5) is 17.8 Å². The fraction of sp³-hybridized carbons (Fsp3) is 0.700. The molecule has 0 unspecified atom stereocenters. The van der Waals surface area contributed by atoms with Crippen molar-refractivity contribution in [3.8, 4) is 0 Å². The van der Waals surface area contributed by atoms with Crippen molar-refractivity contribution in [2.24, 2.45) is 0 Å². The molecule has 0 amide bonds. The highest BCUT2D eigenvalue weighted by atomic mass is 15.5. The number of rotatable bonds is 6. The van der Waals surface area contributed by atoms with E-state index in [0.717, 1.165) is 13.1 Å². The van der Waals surface area contributed by atoms with Gasteiger partial charge in [-0.3, -0.25) is 5.43 Å². The third-order valence-electron chi connectivity index (χ3n) is 2.22. The van der Waals surface area contributed by atoms with E-state index in [1.807, 2.05) is 14.1 Å². The first-order valence-electron chi connectivity index (χ1n) is 5.73. The summed E-state index contributed by atoms with van der Waals surface area (Å²) in [6.45, 7) is 5.88. The fourth-order valence-corrected chi connectivity index (χ4v) is 1.37. The number of nitrogens with zero attached hydrogens (tertiary/aromatic N) is 5. The van der Waals surface area contributed by atoms with Gasteiger partial charge in [0.1, 0.15) is 0 Å². The maximum Gasteiger partial charge on any atom is 0.244 e. The van der Waals surface area contributed by atoms with Crippen LogP contribution in [0.1, 0.15) is 13.8 Å². The van der Waals surface area contributed by atoms with Crippen molar-refractivity contribution in [2.75, 3.05) is 49.9 Å². The highest BCUT2D eigenvalue weighted by Gasteiger charge is 2.10. The Morgan fingerprint density at radius 1 is 1.00 bits per heavy atom. The zero-order valence-electron chi connectivity index (χ0n) is 11.2. The molecular formula is C10H21N7. The van der Waals surface area contributed by atoms with E-state index in [1.54, 1.807) is 12.1 Å². The summed E-state index contributed by atoms with van der Waals surface area (Å²) in [4.78, 5) is 15.0. The average molecular weight is 239 g/mol. The van der Waals surface area contributed by atoms with Gasteiger partial charge in [-0.15, -0.1) is 0 Å². The first-order chi connectivity index (χ1) is 8.10. The molecule has 1 heterocycles. The Bertz CT molecular complexity index is 349. The lowest BCUT2D eigenvalue weighted by Gasteiger charge is -2.20. The molecule has 0 radical (unpaired) electrons. The van der Waals surface area contributed by atoms with Crippen molar-refractivity contribution < 1.29 is 0 Å². The number of aromatic nitrogens is 3. The van der Waals surface area contributed by atoms with Gasteiger partial charge in [-0.2, -0.15) is 15.0 Å². The Kier molecular flexibility index (Phi) is 4.89. The maximum absolute atomic E-state index is 4.37. The van der Waals surface area contributed by atoms with E-state index in [9.17, 15) is 0 Å². The molecule has 0 aromatic carbocycles. The third kappa shape index (κ3) is 3.70. The van der Waals surface area contributed by atoms with Gasteiger partial charge in [0.25, 0.3) is 0 Å². The highest BCUT2D eigenvalue weighted by Crippen LogP contribution is 2.12. The second kappa shape index (κ2) is 6.19. The summed E-state index contributed by atoms with van der Waals surface area (Å²) in [6, 6.07) is 0. The lowest BCUT2D eigenvalue weighted by Crippen LogP contribution is -2.27. The van der Waals surface area contributed by atoms with E-state index >= 15 is 0 Å². The highest BCUT2D eigenvalue weighted by molar-refractivity contribution is 5.42. The monoisotopic (exact) mass is 239 g/mol. The van der Waals surface area contributed by atoms with Crippen LogP contribution in [0.25, 0.3) is 0 Å². The summed E-state index contributed by atoms with van der Waals surface area (Å²) in [7, 11) is 5.57. The number of hydrazine groups is 1. The van der Waals surface area contributed by atoms with E-state index in [-0.39, 0.29) is 0 Å². The van der Waals surface area contributed by atoms with Gasteiger partial charge in [-0.25, -0.2) is 5.01 Å². The molecular weight excluding hydrogens is 218 g/mol. The minimum absolute atomic E-state index is 0.538. The normalized spacial score (nSPS) is 10.5. The van der Waals surface area contributed by atoms with Crippen molar-refractivity contribution in [1.82, 2.24) is 20.0 Å². The molecule has 0 atom stereocenters. The van der Waals surface area contributed by atoms with Crippen LogP contribution < -0.4 is 15.6 Å². The number of nitrogens with one attached hydrogen (secondary N) is 2. The summed E-state index contributed by atoms with van der Waals surface area (Å²) < 4.78 is 0. The second-order valence-electron chi connectivity index (χ2n) is 3.71. The maximum atomic E-state index is 4.37. The van der Waals surface area contributed by atoms with Crippen LogP contribution in [0.15, 0.2) is 0 Å². The van der Waals surface area contributed by atoms with Gasteiger partial charge in [0.2, 0.25) is 17.8 Å². The molecule has 1 rings (SSSR count). The van der Waals surface area contributed by atoms with Gasteiger partial charge in [0.15, 0.2) is 0 Å². The Labute approximate surface area is 102 Å². The SMILES string of the molecule is CCN(CC)c1nc(NC)nc(NN(C)C)n1. The second-order valence-corrected chi connectivity index (χ2v) is 3.71. The molecule has 1 aromatic heterocycles. The molecule has 0 aliphatic heterocycles. The van der Waals surface area contributed by atoms with Crippen LogP contribution in [-0.4, -0.2) is 54.2 Å². The van der Waals surface area contributed by atoms with Gasteiger partial charge < -0.3 is 10.2 Å². The lowest BCUT2D eigenvalue weighted by molar-refractivity contribution is 0.488. The molecule has 96 valence electrons. The molecule has 7 nitrogen and oxygen atoms in total. The summed E-state index contributed by atoms with van der Waals surface area (Å²) in [5.41, 5.74) is 3.03. The van der Waals surface area contributed by atoms with Crippen molar-refractivity contribution in [3.05, 3.63) is 0 Å². The van der Waals surface area contributed by atoms with Crippen LogP contribution in [0.3, 0.4) is 0 Å². The first-order valence-corrected chi connectivity index (χ1v) is 5.73. The van der Waals surface area contributed by atoms with Crippen molar-refractivity contribution >= 4 is 17.8 Å². The Hall–Kier alpha value is -1.63. The molecule has 0 aliphatic carbocycles. The largest absolute Gasteiger partial charge is 0.357 e. The molecule has 7 heteroatoms. The number of hydrogen-bond donors (Lipinski definition) is 2. The third-order valence-corrected chi connectivity index (χ3v) is 2.22. The van der Waals surface area contributed by atoms with Gasteiger partial charge in [-0.05, 0) is 13.8 Å². The molecule has 0 saturated heterocycles. The lowest BCUT2D eigenvalue weighted by atomic mass is 10.5. The van der Waals surface area contributed by atoms with E-state index in [4.69, 9.17) is 0 Å². The van der Waals surface area contributed by atoms with Crippen molar-refractivity contribution in [1.29, 1.82) is 0 Å². The van der Waals surface area contributed by atoms with Crippen LogP contribution in [-0.2, 0) is 0 Å². The predicted molar refractivity (Wildman–Crippen MR) is 70.2 cm³/mol. The van der Waals surface area contributed by atoms with Crippen molar-refractivity contribution in [2.45, 2.75) is 13.8 Å².